The van der Waals surface area contributed by atoms with Crippen molar-refractivity contribution in [3.8, 4) is 17.0 Å². The van der Waals surface area contributed by atoms with E-state index in [1.807, 2.05) is 31.3 Å². The minimum absolute atomic E-state index is 0.411. The summed E-state index contributed by atoms with van der Waals surface area (Å²) in [6, 6.07) is 7.78. The normalized spacial score (nSPS) is 12.6. The second kappa shape index (κ2) is 3.20. The van der Waals surface area contributed by atoms with Crippen LogP contribution in [0.3, 0.4) is 0 Å². The summed E-state index contributed by atoms with van der Waals surface area (Å²) in [6.45, 7) is 0.411. The van der Waals surface area contributed by atoms with E-state index in [1.54, 1.807) is 4.68 Å². The molecule has 0 spiro atoms. The molecule has 0 unspecified atom stereocenters. The number of nitrogens with zero attached hydrogens (tertiary/aromatic N) is 2. The number of hydrogen-bond donors (Lipinski definition) is 0. The zero-order valence-corrected chi connectivity index (χ0v) is 8.80. The average molecular weight is 214 g/mol. The van der Waals surface area contributed by atoms with E-state index in [9.17, 15) is 4.79 Å². The zero-order valence-electron chi connectivity index (χ0n) is 8.80. The van der Waals surface area contributed by atoms with Crippen molar-refractivity contribution >= 4 is 6.29 Å². The van der Waals surface area contributed by atoms with Crippen LogP contribution >= 0.6 is 0 Å². The predicted molar refractivity (Wildman–Crippen MR) is 58.4 cm³/mol. The van der Waals surface area contributed by atoms with Crippen molar-refractivity contribution in [1.82, 2.24) is 9.78 Å². The summed E-state index contributed by atoms with van der Waals surface area (Å²) in [4.78, 5) is 10.9. The van der Waals surface area contributed by atoms with Crippen LogP contribution in [0.25, 0.3) is 11.3 Å². The third-order valence-electron chi connectivity index (χ3n) is 2.80. The molecule has 1 aliphatic rings. The van der Waals surface area contributed by atoms with Crippen molar-refractivity contribution in [1.29, 1.82) is 0 Å². The molecule has 0 aliphatic carbocycles. The van der Waals surface area contributed by atoms with Crippen LogP contribution in [0.4, 0.5) is 0 Å². The number of hydrogen-bond acceptors (Lipinski definition) is 3. The first kappa shape index (κ1) is 9.15. The quantitative estimate of drug-likeness (QED) is 0.680. The van der Waals surface area contributed by atoms with Crippen LogP contribution < -0.4 is 4.74 Å². The highest BCUT2D eigenvalue weighted by atomic mass is 16.5. The van der Waals surface area contributed by atoms with Crippen LogP contribution in [0.15, 0.2) is 24.3 Å². The Kier molecular flexibility index (Phi) is 1.83. The number of ether oxygens (including phenoxy) is 1. The number of para-hydroxylation sites is 1. The first-order valence-electron chi connectivity index (χ1n) is 5.04. The van der Waals surface area contributed by atoms with Gasteiger partial charge in [0.25, 0.3) is 0 Å². The standard InChI is InChI=1S/C12H10N2O2/c1-14-12-8-4-2-3-5-11(8)16-7-9(12)10(6-15)13-14/h2-6H,7H2,1H3. The number of aryl methyl sites for hydroxylation is 1. The Bertz CT molecular complexity index is 572. The molecule has 1 aromatic carbocycles. The van der Waals surface area contributed by atoms with Gasteiger partial charge in [0.2, 0.25) is 0 Å². The van der Waals surface area contributed by atoms with E-state index in [1.165, 1.54) is 0 Å². The third kappa shape index (κ3) is 1.10. The molecule has 0 fully saturated rings. The van der Waals surface area contributed by atoms with E-state index in [-0.39, 0.29) is 0 Å². The fourth-order valence-corrected chi connectivity index (χ4v) is 2.10. The summed E-state index contributed by atoms with van der Waals surface area (Å²) in [7, 11) is 1.84. The Labute approximate surface area is 92.5 Å². The highest BCUT2D eigenvalue weighted by molar-refractivity contribution is 5.82. The molecule has 16 heavy (non-hydrogen) atoms. The van der Waals surface area contributed by atoms with Crippen LogP contribution in [0.2, 0.25) is 0 Å². The van der Waals surface area contributed by atoms with Crippen molar-refractivity contribution in [2.24, 2.45) is 7.05 Å². The summed E-state index contributed by atoms with van der Waals surface area (Å²) in [5.41, 5.74) is 3.30. The number of carbonyl (C=O) groups is 1. The van der Waals surface area contributed by atoms with Crippen LogP contribution in [-0.2, 0) is 13.7 Å². The molecule has 3 rings (SSSR count). The van der Waals surface area contributed by atoms with Gasteiger partial charge in [-0.3, -0.25) is 9.48 Å². The van der Waals surface area contributed by atoms with Gasteiger partial charge >= 0.3 is 0 Å². The first-order chi connectivity index (χ1) is 7.81. The number of carbonyl (C=O) groups excluding carboxylic acids is 1. The van der Waals surface area contributed by atoms with E-state index in [0.717, 1.165) is 28.9 Å². The van der Waals surface area contributed by atoms with E-state index < -0.39 is 0 Å². The van der Waals surface area contributed by atoms with Gasteiger partial charge in [-0.1, -0.05) is 12.1 Å². The number of aromatic nitrogens is 2. The topological polar surface area (TPSA) is 44.1 Å². The van der Waals surface area contributed by atoms with Crippen LogP contribution in [0.5, 0.6) is 5.75 Å². The molecule has 4 nitrogen and oxygen atoms in total. The number of rotatable bonds is 1. The molecule has 0 N–H and O–H groups in total. The van der Waals surface area contributed by atoms with E-state index >= 15 is 0 Å². The van der Waals surface area contributed by atoms with Gasteiger partial charge in [0.1, 0.15) is 18.1 Å². The Balaban J connectivity index is 2.32. The van der Waals surface area contributed by atoms with Crippen molar-refractivity contribution < 1.29 is 9.53 Å². The molecule has 0 saturated carbocycles. The smallest absolute Gasteiger partial charge is 0.170 e. The van der Waals surface area contributed by atoms with Crippen molar-refractivity contribution in [2.75, 3.05) is 0 Å². The first-order valence-corrected chi connectivity index (χ1v) is 5.04. The molecule has 2 aromatic rings. The van der Waals surface area contributed by atoms with Crippen LogP contribution in [0.1, 0.15) is 16.1 Å². The monoisotopic (exact) mass is 214 g/mol. The van der Waals surface area contributed by atoms with Gasteiger partial charge in [0.15, 0.2) is 6.29 Å². The van der Waals surface area contributed by atoms with Gasteiger partial charge in [-0.15, -0.1) is 0 Å². The lowest BCUT2D eigenvalue weighted by Gasteiger charge is -2.18. The van der Waals surface area contributed by atoms with Crippen LogP contribution in [0, 0.1) is 0 Å². The Hall–Kier alpha value is -2.10. The minimum Gasteiger partial charge on any atom is -0.488 e. The number of aldehydes is 1. The molecule has 0 atom stereocenters. The molecule has 1 aromatic heterocycles. The molecule has 80 valence electrons. The second-order valence-electron chi connectivity index (χ2n) is 3.74. The summed E-state index contributed by atoms with van der Waals surface area (Å²) < 4.78 is 7.33. The number of fused-ring (bicyclic) bond motifs is 3. The highest BCUT2D eigenvalue weighted by Gasteiger charge is 2.24. The molecule has 2 heterocycles. The molecule has 0 radical (unpaired) electrons. The minimum atomic E-state index is 0.411. The molecular formula is C12H10N2O2. The van der Waals surface area contributed by atoms with E-state index in [4.69, 9.17) is 4.74 Å². The largest absolute Gasteiger partial charge is 0.488 e. The summed E-state index contributed by atoms with van der Waals surface area (Å²) in [6.07, 6.45) is 0.774. The fraction of sp³-hybridized carbons (Fsp3) is 0.167. The summed E-state index contributed by atoms with van der Waals surface area (Å²) in [5.74, 6) is 0.843. The molecule has 0 amide bonds. The molecule has 0 bridgehead atoms. The SMILES string of the molecule is Cn1nc(C=O)c2c1-c1ccccc1OC2. The van der Waals surface area contributed by atoms with Gasteiger partial charge in [-0.05, 0) is 12.1 Å². The highest BCUT2D eigenvalue weighted by Crippen LogP contribution is 2.37. The van der Waals surface area contributed by atoms with Crippen molar-refractivity contribution in [3.05, 3.63) is 35.5 Å². The van der Waals surface area contributed by atoms with Crippen molar-refractivity contribution in [3.63, 3.8) is 0 Å². The van der Waals surface area contributed by atoms with Gasteiger partial charge in [0, 0.05) is 18.2 Å². The van der Waals surface area contributed by atoms with Gasteiger partial charge in [-0.2, -0.15) is 5.10 Å². The maximum atomic E-state index is 10.9. The molecule has 0 saturated heterocycles. The van der Waals surface area contributed by atoms with Gasteiger partial charge < -0.3 is 4.74 Å². The predicted octanol–water partition coefficient (Wildman–Crippen LogP) is 1.79. The van der Waals surface area contributed by atoms with Crippen LogP contribution in [-0.4, -0.2) is 16.1 Å². The fourth-order valence-electron chi connectivity index (χ4n) is 2.10. The molecule has 1 aliphatic heterocycles. The summed E-state index contributed by atoms with van der Waals surface area (Å²) >= 11 is 0. The average Bonchev–Trinajstić information content (AvgIpc) is 2.66. The Morgan fingerprint density at radius 1 is 1.44 bits per heavy atom. The molecular weight excluding hydrogens is 204 g/mol. The third-order valence-corrected chi connectivity index (χ3v) is 2.80. The number of benzene rings is 1. The lowest BCUT2D eigenvalue weighted by Crippen LogP contribution is -2.07. The maximum absolute atomic E-state index is 10.9. The maximum Gasteiger partial charge on any atom is 0.170 e. The zero-order chi connectivity index (χ0) is 11.1. The Morgan fingerprint density at radius 3 is 3.06 bits per heavy atom. The van der Waals surface area contributed by atoms with Crippen molar-refractivity contribution in [2.45, 2.75) is 6.61 Å². The van der Waals surface area contributed by atoms with Gasteiger partial charge in [0.05, 0.1) is 5.69 Å². The lowest BCUT2D eigenvalue weighted by atomic mass is 10.0. The van der Waals surface area contributed by atoms with Gasteiger partial charge in [-0.25, -0.2) is 0 Å². The molecule has 4 heteroatoms. The Morgan fingerprint density at radius 2 is 2.25 bits per heavy atom. The second-order valence-corrected chi connectivity index (χ2v) is 3.74. The van der Waals surface area contributed by atoms with E-state index in [2.05, 4.69) is 5.10 Å². The van der Waals surface area contributed by atoms with E-state index in [0.29, 0.717) is 12.3 Å². The lowest BCUT2D eigenvalue weighted by molar-refractivity contribution is 0.111. The summed E-state index contributed by atoms with van der Waals surface area (Å²) in [5, 5.41) is 4.18.